The first-order valence-electron chi connectivity index (χ1n) is 0. The Morgan fingerprint density at radius 2 is 1.25 bits per heavy atom. The van der Waals surface area contributed by atoms with Crippen LogP contribution in [0.4, 0.5) is 0 Å². The molecule has 0 aliphatic carbocycles. The van der Waals surface area contributed by atoms with E-state index in [-0.39, 0.29) is 68.7 Å². The molecule has 0 bridgehead atoms. The summed E-state index contributed by atoms with van der Waals surface area (Å²) in [6, 6.07) is 0. The van der Waals surface area contributed by atoms with E-state index < -0.39 is 0 Å². The maximum absolute atomic E-state index is 0. The summed E-state index contributed by atoms with van der Waals surface area (Å²) >= 11 is 0. The van der Waals surface area contributed by atoms with Crippen molar-refractivity contribution < 1.29 is 19.9 Å². The first kappa shape index (κ1) is 39.6. The molecule has 4 heavy (non-hydrogen) atoms. The molecule has 0 rings (SSSR count). The summed E-state index contributed by atoms with van der Waals surface area (Å²) in [5.41, 5.74) is 0. The average Bonchev–Trinajstić information content (AvgIpc) is 0. The van der Waals surface area contributed by atoms with E-state index in [4.69, 9.17) is 0 Å². The molecule has 3 radical (unpaired) electrons. The molecule has 0 amide bonds. The second-order valence-corrected chi connectivity index (χ2v) is 0. The summed E-state index contributed by atoms with van der Waals surface area (Å²) in [6.45, 7) is 0. The Morgan fingerprint density at radius 1 is 1.25 bits per heavy atom. The second kappa shape index (κ2) is 20.8. The van der Waals surface area contributed by atoms with E-state index in [9.17, 15) is 0 Å². The zero-order chi connectivity index (χ0) is 0. The Hall–Kier alpha value is 1.88. The molecule has 21 valence electrons. The van der Waals surface area contributed by atoms with Gasteiger partial charge in [0.2, 0.25) is 0 Å². The molecule has 0 aromatic heterocycles. The van der Waals surface area contributed by atoms with Gasteiger partial charge in [0, 0.05) is 25.5 Å². The first-order valence-corrected chi connectivity index (χ1v) is 0. The Morgan fingerprint density at radius 3 is 1.25 bits per heavy atom. The molecule has 4 heteroatoms. The van der Waals surface area contributed by atoms with E-state index >= 15 is 0 Å². The van der Waals surface area contributed by atoms with Crippen LogP contribution < -0.4 is 0 Å². The Balaban J connectivity index is 0. The molecule has 0 aromatic rings. The van der Waals surface area contributed by atoms with Crippen LogP contribution in [-0.2, 0) is 17.1 Å². The van der Waals surface area contributed by atoms with Crippen molar-refractivity contribution in [1.29, 1.82) is 0 Å². The van der Waals surface area contributed by atoms with E-state index in [1.54, 1.807) is 0 Å². The van der Waals surface area contributed by atoms with Gasteiger partial charge in [0.25, 0.3) is 0 Å². The van der Waals surface area contributed by atoms with Crippen molar-refractivity contribution in [2.75, 3.05) is 0 Å². The molecular weight excluding hydrogens is 118 g/mol. The van der Waals surface area contributed by atoms with Gasteiger partial charge in [0.15, 0.2) is 17.4 Å². The van der Waals surface area contributed by atoms with Crippen LogP contribution in [0.25, 0.3) is 0 Å². The van der Waals surface area contributed by atoms with Crippen LogP contribution in [0.3, 0.4) is 0 Å². The van der Waals surface area contributed by atoms with Crippen LogP contribution in [-0.4, -0.2) is 48.8 Å². The van der Waals surface area contributed by atoms with Gasteiger partial charge in [0.05, 0.1) is 0 Å². The van der Waals surface area contributed by atoms with Gasteiger partial charge in [-0.25, -0.2) is 0 Å². The van der Waals surface area contributed by atoms with Crippen LogP contribution in [0.15, 0.2) is 0 Å². The quantitative estimate of drug-likeness (QED) is 0.336. The van der Waals surface area contributed by atoms with Crippen LogP contribution in [0.1, 0.15) is 2.85 Å². The standard InChI is InChI=1S/Al.B.Fe.Mg.5H/q;;;+2;;;;2*-1. The van der Waals surface area contributed by atoms with Gasteiger partial charge in [0.1, 0.15) is 0 Å². The van der Waals surface area contributed by atoms with Crippen molar-refractivity contribution in [3.63, 3.8) is 0 Å². The van der Waals surface area contributed by atoms with E-state index in [0.717, 1.165) is 0 Å². The third-order valence-corrected chi connectivity index (χ3v) is 0. The SMILES string of the molecule is [AlH3].[B].[Fe].[H-].[H-].[Mg+2]. The minimum atomic E-state index is 0. The molecule has 0 fully saturated rings. The van der Waals surface area contributed by atoms with E-state index in [1.807, 2.05) is 0 Å². The fourth-order valence-corrected chi connectivity index (χ4v) is 0. The smallest absolute Gasteiger partial charge is 1.00 e. The van der Waals surface area contributed by atoms with Gasteiger partial charge >= 0.3 is 23.1 Å². The zero-order valence-electron chi connectivity index (χ0n) is 3.64. The molecule has 0 nitrogen and oxygen atoms in total. The van der Waals surface area contributed by atoms with Gasteiger partial charge in [-0.1, -0.05) is 0 Å². The largest absolute Gasteiger partial charge is 2.00 e. The molecule has 0 saturated heterocycles. The van der Waals surface area contributed by atoms with Gasteiger partial charge < -0.3 is 2.85 Å². The Kier molecular flexibility index (Phi) is 205. The van der Waals surface area contributed by atoms with Crippen molar-refractivity contribution in [2.24, 2.45) is 0 Å². The molecule has 0 saturated carbocycles. The van der Waals surface area contributed by atoms with E-state index in [2.05, 4.69) is 0 Å². The fraction of sp³-hybridized carbons (Fsp3) is 0. The maximum Gasteiger partial charge on any atom is 2.00 e. The summed E-state index contributed by atoms with van der Waals surface area (Å²) in [7, 11) is 0. The van der Waals surface area contributed by atoms with Crippen LogP contribution in [0.2, 0.25) is 0 Å². The summed E-state index contributed by atoms with van der Waals surface area (Å²) in [5.74, 6) is 0. The average molecular weight is 123 g/mol. The molecule has 0 spiro atoms. The maximum atomic E-state index is 0. The summed E-state index contributed by atoms with van der Waals surface area (Å²) in [6.07, 6.45) is 0. The van der Waals surface area contributed by atoms with Gasteiger partial charge in [-0.2, -0.15) is 0 Å². The van der Waals surface area contributed by atoms with Crippen molar-refractivity contribution in [2.45, 2.75) is 0 Å². The van der Waals surface area contributed by atoms with Crippen molar-refractivity contribution in [1.82, 2.24) is 0 Å². The number of hydrogen-bond acceptors (Lipinski definition) is 0. The third kappa shape index (κ3) is 9.10. The van der Waals surface area contributed by atoms with E-state index in [1.165, 1.54) is 0 Å². The normalized spacial score (nSPS) is 0. The van der Waals surface area contributed by atoms with Crippen molar-refractivity contribution >= 4 is 48.8 Å². The molecule has 0 atom stereocenters. The first-order chi connectivity index (χ1) is 0. The zero-order valence-corrected chi connectivity index (χ0v) is 4.16. The topological polar surface area (TPSA) is 0 Å². The van der Waals surface area contributed by atoms with Crippen LogP contribution in [0.5, 0.6) is 0 Å². The molecule has 0 heterocycles. The number of hydrogen-bond donors (Lipinski definition) is 0. The third-order valence-electron chi connectivity index (χ3n) is 0. The monoisotopic (exact) mass is 123 g/mol. The molecule has 0 aliphatic rings. The Labute approximate surface area is 68.4 Å². The van der Waals surface area contributed by atoms with Crippen molar-refractivity contribution in [3.05, 3.63) is 0 Å². The summed E-state index contributed by atoms with van der Waals surface area (Å²) in [4.78, 5) is 0. The molecule has 0 aliphatic heterocycles. The predicted molar refractivity (Wildman–Crippen MR) is 23.7 cm³/mol. The van der Waals surface area contributed by atoms with Gasteiger partial charge in [-0.05, 0) is 0 Å². The fourth-order valence-electron chi connectivity index (χ4n) is 0. The number of rotatable bonds is 0. The van der Waals surface area contributed by atoms with E-state index in [0.29, 0.717) is 0 Å². The minimum absolute atomic E-state index is 0. The van der Waals surface area contributed by atoms with Crippen molar-refractivity contribution in [3.8, 4) is 0 Å². The van der Waals surface area contributed by atoms with Crippen LogP contribution in [0, 0.1) is 0 Å². The van der Waals surface area contributed by atoms with Crippen LogP contribution >= 0.6 is 0 Å². The summed E-state index contributed by atoms with van der Waals surface area (Å²) < 4.78 is 0. The minimum Gasteiger partial charge on any atom is -1.00 e. The van der Waals surface area contributed by atoms with Gasteiger partial charge in [-0.3, -0.25) is 0 Å². The Bertz CT molecular complexity index is 13.5. The predicted octanol–water partition coefficient (Wildman–Crippen LogP) is -1.72. The molecule has 0 N–H and O–H groups in total. The molecule has 0 unspecified atom stereocenters. The molecular formula is H5AlBFeMg. The second-order valence-electron chi connectivity index (χ2n) is 0. The molecule has 0 aromatic carbocycles. The van der Waals surface area contributed by atoms with Gasteiger partial charge in [-0.15, -0.1) is 0 Å². The summed E-state index contributed by atoms with van der Waals surface area (Å²) in [5, 5.41) is 0.